The number of aryl methyl sites for hydroxylation is 1. The van der Waals surface area contributed by atoms with Crippen LogP contribution in [0.15, 0.2) is 24.3 Å². The lowest BCUT2D eigenvalue weighted by atomic mass is 10.2. The minimum Gasteiger partial charge on any atom is -0.434 e. The number of carbonyl (C=O) groups is 2. The van der Waals surface area contributed by atoms with Gasteiger partial charge in [0.15, 0.2) is 0 Å². The van der Waals surface area contributed by atoms with Crippen molar-refractivity contribution >= 4 is 17.7 Å². The number of carbonyl (C=O) groups excluding carboxylic acids is 2. The topological polar surface area (TPSA) is 92.9 Å². The summed E-state index contributed by atoms with van der Waals surface area (Å²) < 4.78 is 4.53. The Balaban J connectivity index is 2.85. The summed E-state index contributed by atoms with van der Waals surface area (Å²) >= 11 is 0. The highest BCUT2D eigenvalue weighted by molar-refractivity contribution is 5.97. The first-order valence-electron chi connectivity index (χ1n) is 5.37. The van der Waals surface area contributed by atoms with E-state index in [4.69, 9.17) is 10.8 Å². The second-order valence-corrected chi connectivity index (χ2v) is 3.84. The number of primary amides is 1. The first kappa shape index (κ1) is 14.0. The van der Waals surface area contributed by atoms with Crippen molar-refractivity contribution in [3.63, 3.8) is 0 Å². The molecule has 98 valence electrons. The molecule has 0 radical (unpaired) electrons. The second-order valence-electron chi connectivity index (χ2n) is 3.84. The van der Waals surface area contributed by atoms with Crippen molar-refractivity contribution in [2.45, 2.75) is 13.0 Å². The van der Waals surface area contributed by atoms with Gasteiger partial charge in [-0.05, 0) is 24.6 Å². The fourth-order valence-corrected chi connectivity index (χ4v) is 1.49. The third kappa shape index (κ3) is 3.46. The first-order valence-corrected chi connectivity index (χ1v) is 5.37. The van der Waals surface area contributed by atoms with Gasteiger partial charge in [-0.1, -0.05) is 12.1 Å². The Labute approximate surface area is 105 Å². The SMILES string of the molecule is Cc1cccc(N(C)C(=O)[C@H](CO)OC(N)=O)c1. The number of aliphatic hydroxyl groups is 1. The van der Waals surface area contributed by atoms with Crippen LogP contribution in [0.5, 0.6) is 0 Å². The molecule has 0 bridgehead atoms. The Morgan fingerprint density at radius 1 is 1.50 bits per heavy atom. The van der Waals surface area contributed by atoms with Crippen LogP contribution in [0.3, 0.4) is 0 Å². The average molecular weight is 252 g/mol. The minimum absolute atomic E-state index is 0.540. The molecule has 3 N–H and O–H groups in total. The average Bonchev–Trinajstić information content (AvgIpc) is 2.34. The molecule has 0 aliphatic carbocycles. The van der Waals surface area contributed by atoms with E-state index in [0.717, 1.165) is 5.56 Å². The monoisotopic (exact) mass is 252 g/mol. The quantitative estimate of drug-likeness (QED) is 0.811. The van der Waals surface area contributed by atoms with Crippen LogP contribution < -0.4 is 10.6 Å². The summed E-state index contributed by atoms with van der Waals surface area (Å²) in [6.45, 7) is 1.28. The lowest BCUT2D eigenvalue weighted by molar-refractivity contribution is -0.128. The Morgan fingerprint density at radius 2 is 2.17 bits per heavy atom. The zero-order valence-electron chi connectivity index (χ0n) is 10.3. The molecule has 0 saturated heterocycles. The number of benzene rings is 1. The summed E-state index contributed by atoms with van der Waals surface area (Å²) in [4.78, 5) is 23.9. The largest absolute Gasteiger partial charge is 0.434 e. The zero-order valence-corrected chi connectivity index (χ0v) is 10.3. The van der Waals surface area contributed by atoms with Crippen LogP contribution in [0.25, 0.3) is 0 Å². The standard InChI is InChI=1S/C12H16N2O4/c1-8-4-3-5-9(6-8)14(2)11(16)10(7-15)18-12(13)17/h3-6,10,15H,7H2,1-2H3,(H2,13,17)/t10-/m0/s1. The predicted octanol–water partition coefficient (Wildman–Crippen LogP) is 0.414. The van der Waals surface area contributed by atoms with E-state index in [0.29, 0.717) is 5.69 Å². The van der Waals surface area contributed by atoms with Crippen LogP contribution in [-0.2, 0) is 9.53 Å². The van der Waals surface area contributed by atoms with Gasteiger partial charge >= 0.3 is 6.09 Å². The molecular formula is C12H16N2O4. The van der Waals surface area contributed by atoms with Crippen molar-refractivity contribution in [1.82, 2.24) is 0 Å². The summed E-state index contributed by atoms with van der Waals surface area (Å²) in [5, 5.41) is 9.02. The summed E-state index contributed by atoms with van der Waals surface area (Å²) in [5.41, 5.74) is 6.46. The van der Waals surface area contributed by atoms with Crippen molar-refractivity contribution in [3.05, 3.63) is 29.8 Å². The van der Waals surface area contributed by atoms with Gasteiger partial charge in [-0.2, -0.15) is 0 Å². The summed E-state index contributed by atoms with van der Waals surface area (Å²) in [6, 6.07) is 7.24. The van der Waals surface area contributed by atoms with E-state index in [1.54, 1.807) is 18.2 Å². The van der Waals surface area contributed by atoms with Crippen molar-refractivity contribution in [2.75, 3.05) is 18.6 Å². The van der Waals surface area contributed by atoms with Crippen LogP contribution in [-0.4, -0.2) is 36.9 Å². The molecule has 0 saturated carbocycles. The van der Waals surface area contributed by atoms with Gasteiger partial charge in [-0.25, -0.2) is 4.79 Å². The number of likely N-dealkylation sites (N-methyl/N-ethyl adjacent to an activating group) is 1. The van der Waals surface area contributed by atoms with Gasteiger partial charge in [-0.15, -0.1) is 0 Å². The zero-order chi connectivity index (χ0) is 13.7. The molecule has 2 amide bonds. The van der Waals surface area contributed by atoms with E-state index < -0.39 is 24.7 Å². The van der Waals surface area contributed by atoms with Crippen molar-refractivity contribution in [3.8, 4) is 0 Å². The molecule has 0 spiro atoms. The van der Waals surface area contributed by atoms with E-state index in [2.05, 4.69) is 4.74 Å². The van der Waals surface area contributed by atoms with Gasteiger partial charge in [0, 0.05) is 12.7 Å². The number of amides is 2. The number of nitrogens with zero attached hydrogens (tertiary/aromatic N) is 1. The number of hydrogen-bond acceptors (Lipinski definition) is 4. The van der Waals surface area contributed by atoms with Crippen LogP contribution in [0.1, 0.15) is 5.56 Å². The van der Waals surface area contributed by atoms with E-state index in [1.807, 2.05) is 13.0 Å². The fraction of sp³-hybridized carbons (Fsp3) is 0.333. The Bertz CT molecular complexity index is 447. The smallest absolute Gasteiger partial charge is 0.405 e. The third-order valence-corrected chi connectivity index (χ3v) is 2.42. The molecule has 6 nitrogen and oxygen atoms in total. The second kappa shape index (κ2) is 6.02. The first-order chi connectivity index (χ1) is 8.45. The van der Waals surface area contributed by atoms with Gasteiger partial charge < -0.3 is 20.5 Å². The molecule has 0 aliphatic heterocycles. The third-order valence-electron chi connectivity index (χ3n) is 2.42. The molecule has 1 rings (SSSR count). The molecule has 0 heterocycles. The molecule has 18 heavy (non-hydrogen) atoms. The normalized spacial score (nSPS) is 11.7. The fourth-order valence-electron chi connectivity index (χ4n) is 1.49. The highest BCUT2D eigenvalue weighted by Crippen LogP contribution is 2.15. The lowest BCUT2D eigenvalue weighted by Crippen LogP contribution is -2.42. The molecule has 0 aromatic heterocycles. The maximum Gasteiger partial charge on any atom is 0.405 e. The van der Waals surface area contributed by atoms with Crippen LogP contribution in [0, 0.1) is 6.92 Å². The molecular weight excluding hydrogens is 236 g/mol. The molecule has 1 atom stereocenters. The van der Waals surface area contributed by atoms with Gasteiger partial charge in [0.1, 0.15) is 0 Å². The van der Waals surface area contributed by atoms with Crippen molar-refractivity contribution in [2.24, 2.45) is 5.73 Å². The predicted molar refractivity (Wildman–Crippen MR) is 66.1 cm³/mol. The van der Waals surface area contributed by atoms with Crippen LogP contribution >= 0.6 is 0 Å². The van der Waals surface area contributed by atoms with E-state index in [1.165, 1.54) is 11.9 Å². The van der Waals surface area contributed by atoms with E-state index >= 15 is 0 Å². The van der Waals surface area contributed by atoms with E-state index in [9.17, 15) is 9.59 Å². The van der Waals surface area contributed by atoms with Gasteiger partial charge in [0.05, 0.1) is 6.61 Å². The maximum atomic E-state index is 12.0. The van der Waals surface area contributed by atoms with Crippen molar-refractivity contribution < 1.29 is 19.4 Å². The van der Waals surface area contributed by atoms with E-state index in [-0.39, 0.29) is 0 Å². The summed E-state index contributed by atoms with van der Waals surface area (Å²) in [5.74, 6) is -0.540. The number of nitrogens with two attached hydrogens (primary N) is 1. The van der Waals surface area contributed by atoms with Crippen LogP contribution in [0.2, 0.25) is 0 Å². The molecule has 0 fully saturated rings. The molecule has 0 unspecified atom stereocenters. The van der Waals surface area contributed by atoms with Crippen molar-refractivity contribution in [1.29, 1.82) is 0 Å². The van der Waals surface area contributed by atoms with Gasteiger partial charge in [0.2, 0.25) is 6.10 Å². The Morgan fingerprint density at radius 3 is 2.67 bits per heavy atom. The minimum atomic E-state index is -1.28. The number of aliphatic hydroxyl groups excluding tert-OH is 1. The summed E-state index contributed by atoms with van der Waals surface area (Å²) in [6.07, 6.45) is -2.38. The highest BCUT2D eigenvalue weighted by atomic mass is 16.6. The van der Waals surface area contributed by atoms with Crippen LogP contribution in [0.4, 0.5) is 10.5 Å². The number of anilines is 1. The molecule has 0 aliphatic rings. The Kier molecular flexibility index (Phi) is 4.67. The Hall–Kier alpha value is -2.08. The number of ether oxygens (including phenoxy) is 1. The summed E-state index contributed by atoms with van der Waals surface area (Å²) in [7, 11) is 1.53. The molecule has 1 aromatic rings. The molecule has 1 aromatic carbocycles. The maximum absolute atomic E-state index is 12.0. The number of hydrogen-bond donors (Lipinski definition) is 2. The molecule has 6 heteroatoms. The number of rotatable bonds is 4. The van der Waals surface area contributed by atoms with Gasteiger partial charge in [-0.3, -0.25) is 4.79 Å². The lowest BCUT2D eigenvalue weighted by Gasteiger charge is -2.22. The highest BCUT2D eigenvalue weighted by Gasteiger charge is 2.25. The van der Waals surface area contributed by atoms with Gasteiger partial charge in [0.25, 0.3) is 5.91 Å².